The molecule has 0 radical (unpaired) electrons. The summed E-state index contributed by atoms with van der Waals surface area (Å²) in [4.78, 5) is 3.06. The van der Waals surface area contributed by atoms with Crippen molar-refractivity contribution in [1.29, 1.82) is 5.26 Å². The summed E-state index contributed by atoms with van der Waals surface area (Å²) < 4.78 is 28.7. The second kappa shape index (κ2) is 6.13. The van der Waals surface area contributed by atoms with E-state index in [1.165, 1.54) is 4.80 Å². The van der Waals surface area contributed by atoms with Crippen LogP contribution in [0.2, 0.25) is 0 Å². The Morgan fingerprint density at radius 3 is 2.75 bits per heavy atom. The highest BCUT2D eigenvalue weighted by Crippen LogP contribution is 2.26. The zero-order valence-corrected chi connectivity index (χ0v) is 14.2. The molecule has 1 atom stereocenters. The highest BCUT2D eigenvalue weighted by Gasteiger charge is 2.33. The van der Waals surface area contributed by atoms with Crippen LogP contribution in [0.4, 0.5) is 5.82 Å². The van der Waals surface area contributed by atoms with Gasteiger partial charge in [-0.1, -0.05) is 12.1 Å². The number of hydrogen-bond donors (Lipinski definition) is 0. The van der Waals surface area contributed by atoms with Crippen LogP contribution >= 0.6 is 0 Å². The van der Waals surface area contributed by atoms with Crippen molar-refractivity contribution in [2.45, 2.75) is 12.5 Å². The predicted octanol–water partition coefficient (Wildman–Crippen LogP) is 0.771. The van der Waals surface area contributed by atoms with Crippen LogP contribution in [0.1, 0.15) is 12.1 Å². The molecule has 1 aliphatic heterocycles. The number of sulfone groups is 1. The summed E-state index contributed by atoms with van der Waals surface area (Å²) in [6.07, 6.45) is 0.519. The molecule has 1 aromatic carbocycles. The fourth-order valence-corrected chi connectivity index (χ4v) is 4.54. The number of nitriles is 1. The van der Waals surface area contributed by atoms with Crippen LogP contribution in [0.25, 0.3) is 5.69 Å². The van der Waals surface area contributed by atoms with E-state index < -0.39 is 9.84 Å². The van der Waals surface area contributed by atoms with E-state index in [1.54, 1.807) is 31.2 Å². The molecule has 0 amide bonds. The molecule has 0 bridgehead atoms. The number of nitrogens with zero attached hydrogens (tertiary/aromatic N) is 5. The highest BCUT2D eigenvalue weighted by molar-refractivity contribution is 7.91. The number of hydrogen-bond acceptors (Lipinski definition) is 7. The smallest absolute Gasteiger partial charge is 0.207 e. The number of benzene rings is 1. The van der Waals surface area contributed by atoms with E-state index in [0.717, 1.165) is 0 Å². The largest absolute Gasteiger partial charge is 0.494 e. The molecule has 0 spiro atoms. The van der Waals surface area contributed by atoms with E-state index in [9.17, 15) is 13.7 Å². The molecule has 8 nitrogen and oxygen atoms in total. The molecule has 126 valence electrons. The van der Waals surface area contributed by atoms with Gasteiger partial charge in [0.1, 0.15) is 17.5 Å². The summed E-state index contributed by atoms with van der Waals surface area (Å²) in [5, 5.41) is 18.0. The minimum absolute atomic E-state index is 0.0654. The third-order valence-corrected chi connectivity index (χ3v) is 5.84. The Morgan fingerprint density at radius 1 is 1.38 bits per heavy atom. The van der Waals surface area contributed by atoms with E-state index in [4.69, 9.17) is 4.74 Å². The SMILES string of the molecule is COc1ccccc1-n1nc(C#N)c(N(C)C2CCS(=O)(=O)C2)n1. The summed E-state index contributed by atoms with van der Waals surface area (Å²) in [7, 11) is 0.261. The number of para-hydroxylation sites is 2. The molecule has 3 rings (SSSR count). The lowest BCUT2D eigenvalue weighted by Crippen LogP contribution is -2.33. The normalized spacial score (nSPS) is 19.0. The minimum Gasteiger partial charge on any atom is -0.494 e. The lowest BCUT2D eigenvalue weighted by atomic mass is 10.2. The Balaban J connectivity index is 1.98. The first-order valence-electron chi connectivity index (χ1n) is 7.39. The van der Waals surface area contributed by atoms with Gasteiger partial charge in [-0.3, -0.25) is 0 Å². The first kappa shape index (κ1) is 16.3. The van der Waals surface area contributed by atoms with Gasteiger partial charge in [0.05, 0.1) is 18.6 Å². The van der Waals surface area contributed by atoms with E-state index >= 15 is 0 Å². The van der Waals surface area contributed by atoms with Gasteiger partial charge in [0.15, 0.2) is 15.7 Å². The van der Waals surface area contributed by atoms with Crippen LogP contribution < -0.4 is 9.64 Å². The fourth-order valence-electron chi connectivity index (χ4n) is 2.77. The monoisotopic (exact) mass is 347 g/mol. The molecule has 9 heteroatoms. The Bertz CT molecular complexity index is 900. The maximum absolute atomic E-state index is 11.7. The first-order chi connectivity index (χ1) is 11.4. The molecular weight excluding hydrogens is 330 g/mol. The molecule has 24 heavy (non-hydrogen) atoms. The van der Waals surface area contributed by atoms with Gasteiger partial charge in [-0.25, -0.2) is 8.42 Å². The molecule has 0 N–H and O–H groups in total. The quantitative estimate of drug-likeness (QED) is 0.805. The molecule has 1 aliphatic rings. The summed E-state index contributed by atoms with van der Waals surface area (Å²) in [5.41, 5.74) is 0.753. The third-order valence-electron chi connectivity index (χ3n) is 4.09. The molecule has 0 saturated carbocycles. The van der Waals surface area contributed by atoms with Crippen molar-refractivity contribution in [3.8, 4) is 17.5 Å². The lowest BCUT2D eigenvalue weighted by molar-refractivity contribution is 0.410. The molecule has 1 unspecified atom stereocenters. The topological polar surface area (TPSA) is 101 Å². The molecular formula is C15H17N5O3S. The fraction of sp³-hybridized carbons (Fsp3) is 0.400. The number of methoxy groups -OCH3 is 1. The summed E-state index contributed by atoms with van der Waals surface area (Å²) in [6.45, 7) is 0. The Morgan fingerprint density at radius 2 is 2.12 bits per heavy atom. The summed E-state index contributed by atoms with van der Waals surface area (Å²) in [6, 6.07) is 9.02. The van der Waals surface area contributed by atoms with Crippen molar-refractivity contribution in [2.75, 3.05) is 30.6 Å². The second-order valence-electron chi connectivity index (χ2n) is 5.61. The predicted molar refractivity (Wildman–Crippen MR) is 88.1 cm³/mol. The number of rotatable bonds is 4. The van der Waals surface area contributed by atoms with Crippen LogP contribution in [0.15, 0.2) is 24.3 Å². The average Bonchev–Trinajstić information content (AvgIpc) is 3.17. The van der Waals surface area contributed by atoms with Gasteiger partial charge in [0.25, 0.3) is 0 Å². The van der Waals surface area contributed by atoms with Gasteiger partial charge < -0.3 is 9.64 Å². The van der Waals surface area contributed by atoms with Crippen LogP contribution in [0.3, 0.4) is 0 Å². The maximum atomic E-state index is 11.7. The Kier molecular flexibility index (Phi) is 4.15. The molecule has 1 saturated heterocycles. The van der Waals surface area contributed by atoms with Crippen LogP contribution in [0, 0.1) is 11.3 Å². The summed E-state index contributed by atoms with van der Waals surface area (Å²) >= 11 is 0. The lowest BCUT2D eigenvalue weighted by Gasteiger charge is -2.22. The molecule has 2 heterocycles. The maximum Gasteiger partial charge on any atom is 0.207 e. The number of aromatic nitrogens is 3. The molecule has 0 aliphatic carbocycles. The van der Waals surface area contributed by atoms with Crippen molar-refractivity contribution >= 4 is 15.7 Å². The van der Waals surface area contributed by atoms with Crippen LogP contribution in [-0.2, 0) is 9.84 Å². The van der Waals surface area contributed by atoms with Gasteiger partial charge in [-0.15, -0.1) is 15.0 Å². The molecule has 1 fully saturated rings. The molecule has 2 aromatic rings. The Hall–Kier alpha value is -2.60. The van der Waals surface area contributed by atoms with Gasteiger partial charge in [0, 0.05) is 13.1 Å². The van der Waals surface area contributed by atoms with Gasteiger partial charge in [-0.2, -0.15) is 5.26 Å². The van der Waals surface area contributed by atoms with Gasteiger partial charge in [0.2, 0.25) is 5.69 Å². The van der Waals surface area contributed by atoms with E-state index in [1.807, 2.05) is 18.2 Å². The van der Waals surface area contributed by atoms with E-state index in [2.05, 4.69) is 10.2 Å². The summed E-state index contributed by atoms with van der Waals surface area (Å²) in [5.74, 6) is 1.17. The standard InChI is InChI=1S/C15H17N5O3S/c1-19(11-7-8-24(21,22)10-11)15-12(9-16)17-20(18-15)13-5-3-4-6-14(13)23-2/h3-6,11H,7-8,10H2,1-2H3. The first-order valence-corrected chi connectivity index (χ1v) is 9.21. The van der Waals surface area contributed by atoms with Crippen LogP contribution in [-0.4, -0.2) is 55.1 Å². The van der Waals surface area contributed by atoms with Gasteiger partial charge >= 0.3 is 0 Å². The highest BCUT2D eigenvalue weighted by atomic mass is 32.2. The zero-order chi connectivity index (χ0) is 17.3. The van der Waals surface area contributed by atoms with Crippen molar-refractivity contribution in [3.05, 3.63) is 30.0 Å². The van der Waals surface area contributed by atoms with Crippen molar-refractivity contribution in [1.82, 2.24) is 15.0 Å². The van der Waals surface area contributed by atoms with Crippen LogP contribution in [0.5, 0.6) is 5.75 Å². The minimum atomic E-state index is -3.02. The number of ether oxygens (including phenoxy) is 1. The van der Waals surface area contributed by atoms with E-state index in [-0.39, 0.29) is 23.2 Å². The second-order valence-corrected chi connectivity index (χ2v) is 7.84. The third kappa shape index (κ3) is 2.92. The molecule has 1 aromatic heterocycles. The zero-order valence-electron chi connectivity index (χ0n) is 13.4. The number of anilines is 1. The van der Waals surface area contributed by atoms with E-state index in [0.29, 0.717) is 23.7 Å². The van der Waals surface area contributed by atoms with Crippen molar-refractivity contribution < 1.29 is 13.2 Å². The van der Waals surface area contributed by atoms with Crippen molar-refractivity contribution in [2.24, 2.45) is 0 Å². The van der Waals surface area contributed by atoms with Gasteiger partial charge in [-0.05, 0) is 18.6 Å². The average molecular weight is 347 g/mol. The van der Waals surface area contributed by atoms with Crippen molar-refractivity contribution in [3.63, 3.8) is 0 Å². The Labute approximate surface area is 140 Å².